The fourth-order valence-electron chi connectivity index (χ4n) is 2.93. The number of hydrogen-bond acceptors (Lipinski definition) is 4. The minimum absolute atomic E-state index is 0.0236. The highest BCUT2D eigenvalue weighted by molar-refractivity contribution is 6.31. The first kappa shape index (κ1) is 17.4. The molecule has 1 unspecified atom stereocenters. The first-order valence-corrected chi connectivity index (χ1v) is 8.29. The number of nitrogens with one attached hydrogen (secondary N) is 1. The molecule has 1 fully saturated rings. The van der Waals surface area contributed by atoms with E-state index in [4.69, 9.17) is 11.6 Å². The standard InChI is InChI=1S/C18H17ClN2O4/c19-14-8-9-16(21(24)25)15(10-14)17(22)20-11-18(23,13-6-7-13)12-4-2-1-3-5-12/h1-5,8-10,13,23H,6-7,11H2,(H,20,22). The number of nitro benzene ring substituents is 1. The average Bonchev–Trinajstić information content (AvgIpc) is 3.45. The van der Waals surface area contributed by atoms with Gasteiger partial charge in [-0.3, -0.25) is 14.9 Å². The van der Waals surface area contributed by atoms with Crippen molar-refractivity contribution >= 4 is 23.2 Å². The van der Waals surface area contributed by atoms with Gasteiger partial charge >= 0.3 is 0 Å². The van der Waals surface area contributed by atoms with Gasteiger partial charge in [-0.1, -0.05) is 41.9 Å². The van der Waals surface area contributed by atoms with Crippen molar-refractivity contribution in [3.8, 4) is 0 Å². The molecule has 1 amide bonds. The maximum atomic E-state index is 12.5. The van der Waals surface area contributed by atoms with E-state index in [0.717, 1.165) is 18.4 Å². The first-order chi connectivity index (χ1) is 11.9. The topological polar surface area (TPSA) is 92.5 Å². The van der Waals surface area contributed by atoms with Crippen LogP contribution < -0.4 is 5.32 Å². The number of rotatable bonds is 6. The molecule has 0 radical (unpaired) electrons. The lowest BCUT2D eigenvalue weighted by Gasteiger charge is -2.29. The normalized spacial score (nSPS) is 16.1. The van der Waals surface area contributed by atoms with E-state index in [0.29, 0.717) is 0 Å². The lowest BCUT2D eigenvalue weighted by molar-refractivity contribution is -0.385. The van der Waals surface area contributed by atoms with Crippen molar-refractivity contribution < 1.29 is 14.8 Å². The Bertz CT molecular complexity index is 808. The van der Waals surface area contributed by atoms with Gasteiger partial charge in [0.05, 0.1) is 11.5 Å². The Kier molecular flexibility index (Phi) is 4.74. The summed E-state index contributed by atoms with van der Waals surface area (Å²) in [5.41, 5.74) is -0.914. The van der Waals surface area contributed by atoms with Crippen LogP contribution in [0.5, 0.6) is 0 Å². The zero-order valence-corrected chi connectivity index (χ0v) is 14.1. The predicted molar refractivity (Wildman–Crippen MR) is 93.5 cm³/mol. The number of benzene rings is 2. The number of nitro groups is 1. The summed E-state index contributed by atoms with van der Waals surface area (Å²) in [7, 11) is 0. The predicted octanol–water partition coefficient (Wildman–Crippen LogP) is 3.28. The van der Waals surface area contributed by atoms with Gasteiger partial charge in [-0.05, 0) is 36.5 Å². The molecule has 1 saturated carbocycles. The summed E-state index contributed by atoms with van der Waals surface area (Å²) in [4.78, 5) is 22.9. The monoisotopic (exact) mass is 360 g/mol. The van der Waals surface area contributed by atoms with Gasteiger partial charge in [-0.2, -0.15) is 0 Å². The molecule has 2 aromatic rings. The summed E-state index contributed by atoms with van der Waals surface area (Å²) >= 11 is 5.86. The van der Waals surface area contributed by atoms with Gasteiger partial charge in [0.2, 0.25) is 0 Å². The van der Waals surface area contributed by atoms with Crippen LogP contribution in [0.3, 0.4) is 0 Å². The van der Waals surface area contributed by atoms with Crippen LogP contribution in [0.4, 0.5) is 5.69 Å². The molecule has 2 N–H and O–H groups in total. The molecule has 0 heterocycles. The Labute approximate surface area is 149 Å². The van der Waals surface area contributed by atoms with Crippen molar-refractivity contribution in [2.45, 2.75) is 18.4 Å². The summed E-state index contributed by atoms with van der Waals surface area (Å²) in [5, 5.41) is 25.1. The molecule has 6 nitrogen and oxygen atoms in total. The molecule has 0 aromatic heterocycles. The largest absolute Gasteiger partial charge is 0.383 e. The average molecular weight is 361 g/mol. The molecule has 3 rings (SSSR count). The number of halogens is 1. The van der Waals surface area contributed by atoms with Gasteiger partial charge < -0.3 is 10.4 Å². The molecule has 2 aromatic carbocycles. The van der Waals surface area contributed by atoms with Gasteiger partial charge in [-0.25, -0.2) is 0 Å². The zero-order chi connectivity index (χ0) is 18.0. The molecule has 1 atom stereocenters. The smallest absolute Gasteiger partial charge is 0.282 e. The third kappa shape index (κ3) is 3.65. The maximum absolute atomic E-state index is 12.5. The van der Waals surface area contributed by atoms with Gasteiger partial charge in [0.25, 0.3) is 11.6 Å². The third-order valence-corrected chi connectivity index (χ3v) is 4.68. The van der Waals surface area contributed by atoms with Crippen LogP contribution >= 0.6 is 11.6 Å². The zero-order valence-electron chi connectivity index (χ0n) is 13.3. The van der Waals surface area contributed by atoms with E-state index in [9.17, 15) is 20.0 Å². The summed E-state index contributed by atoms with van der Waals surface area (Å²) in [5.74, 6) is -0.575. The highest BCUT2D eigenvalue weighted by Gasteiger charge is 2.45. The summed E-state index contributed by atoms with van der Waals surface area (Å²) in [6.45, 7) is -0.0236. The van der Waals surface area contributed by atoms with Crippen LogP contribution in [-0.4, -0.2) is 22.5 Å². The second-order valence-electron chi connectivity index (χ2n) is 6.17. The second-order valence-corrected chi connectivity index (χ2v) is 6.60. The van der Waals surface area contributed by atoms with Crippen molar-refractivity contribution in [1.29, 1.82) is 0 Å². The lowest BCUT2D eigenvalue weighted by Crippen LogP contribution is -2.42. The molecule has 0 aliphatic heterocycles. The quantitative estimate of drug-likeness (QED) is 0.610. The van der Waals surface area contributed by atoms with Crippen LogP contribution in [0.2, 0.25) is 5.02 Å². The summed E-state index contributed by atoms with van der Waals surface area (Å²) < 4.78 is 0. The molecular formula is C18H17ClN2O4. The first-order valence-electron chi connectivity index (χ1n) is 7.92. The Morgan fingerprint density at radius 3 is 2.56 bits per heavy atom. The second kappa shape index (κ2) is 6.82. The van der Waals surface area contributed by atoms with Gasteiger partial charge in [0, 0.05) is 11.1 Å². The van der Waals surface area contributed by atoms with Crippen LogP contribution in [0, 0.1) is 16.0 Å². The fraction of sp³-hybridized carbons (Fsp3) is 0.278. The molecule has 130 valence electrons. The minimum atomic E-state index is -1.19. The van der Waals surface area contributed by atoms with E-state index in [1.54, 1.807) is 0 Å². The van der Waals surface area contributed by atoms with Crippen molar-refractivity contribution in [3.05, 3.63) is 74.8 Å². The number of nitrogens with zero attached hydrogens (tertiary/aromatic N) is 1. The molecular weight excluding hydrogens is 344 g/mol. The van der Waals surface area contributed by atoms with E-state index in [1.807, 2.05) is 30.3 Å². The van der Waals surface area contributed by atoms with E-state index in [-0.39, 0.29) is 28.7 Å². The van der Waals surface area contributed by atoms with Crippen LogP contribution in [0.15, 0.2) is 48.5 Å². The molecule has 25 heavy (non-hydrogen) atoms. The Balaban J connectivity index is 1.82. The maximum Gasteiger partial charge on any atom is 0.282 e. The van der Waals surface area contributed by atoms with E-state index < -0.39 is 16.4 Å². The van der Waals surface area contributed by atoms with Gasteiger partial charge in [0.1, 0.15) is 11.2 Å². The molecule has 0 bridgehead atoms. The number of carbonyl (C=O) groups is 1. The van der Waals surface area contributed by atoms with Gasteiger partial charge in [0.15, 0.2) is 0 Å². The number of aliphatic hydroxyl groups is 1. The summed E-state index contributed by atoms with van der Waals surface area (Å²) in [6.07, 6.45) is 1.75. The lowest BCUT2D eigenvalue weighted by atomic mass is 9.88. The van der Waals surface area contributed by atoms with Crippen molar-refractivity contribution in [3.63, 3.8) is 0 Å². The Morgan fingerprint density at radius 1 is 1.28 bits per heavy atom. The van der Waals surface area contributed by atoms with Crippen molar-refractivity contribution in [2.24, 2.45) is 5.92 Å². The van der Waals surface area contributed by atoms with E-state index >= 15 is 0 Å². The fourth-order valence-corrected chi connectivity index (χ4v) is 3.10. The van der Waals surface area contributed by atoms with Crippen molar-refractivity contribution in [1.82, 2.24) is 5.32 Å². The minimum Gasteiger partial charge on any atom is -0.383 e. The molecule has 7 heteroatoms. The SMILES string of the molecule is O=C(NCC(O)(c1ccccc1)C1CC1)c1cc(Cl)ccc1[N+](=O)[O-]. The molecule has 0 spiro atoms. The highest BCUT2D eigenvalue weighted by atomic mass is 35.5. The molecule has 1 aliphatic rings. The third-order valence-electron chi connectivity index (χ3n) is 4.44. The summed E-state index contributed by atoms with van der Waals surface area (Å²) in [6, 6.07) is 12.9. The van der Waals surface area contributed by atoms with E-state index in [2.05, 4.69) is 5.32 Å². The molecule has 1 aliphatic carbocycles. The molecule has 0 saturated heterocycles. The Morgan fingerprint density at radius 2 is 1.96 bits per heavy atom. The van der Waals surface area contributed by atoms with Crippen molar-refractivity contribution in [2.75, 3.05) is 6.54 Å². The number of hydrogen-bond donors (Lipinski definition) is 2. The Hall–Kier alpha value is -2.44. The highest BCUT2D eigenvalue weighted by Crippen LogP contribution is 2.45. The number of amides is 1. The van der Waals surface area contributed by atoms with Crippen LogP contribution in [-0.2, 0) is 5.60 Å². The number of carbonyl (C=O) groups excluding carboxylic acids is 1. The van der Waals surface area contributed by atoms with Crippen LogP contribution in [0.1, 0.15) is 28.8 Å². The van der Waals surface area contributed by atoms with E-state index in [1.165, 1.54) is 18.2 Å². The van der Waals surface area contributed by atoms with Gasteiger partial charge in [-0.15, -0.1) is 0 Å². The van der Waals surface area contributed by atoms with Crippen LogP contribution in [0.25, 0.3) is 0 Å².